The fourth-order valence-electron chi connectivity index (χ4n) is 4.80. The van der Waals surface area contributed by atoms with Crippen LogP contribution in [-0.4, -0.2) is 63.3 Å². The van der Waals surface area contributed by atoms with Gasteiger partial charge in [0.15, 0.2) is 17.3 Å². The van der Waals surface area contributed by atoms with Crippen LogP contribution < -0.4 is 15.0 Å². The normalized spacial score (nSPS) is 19.3. The molecule has 0 aliphatic carbocycles. The molecule has 3 aromatic rings. The molecule has 184 valence electrons. The SMILES string of the molecule is CCNC(=O)N1CCCc2c1ccc(Oc1ccnn3cc(C(=O)N4C[C@H](O)[C@@H]4C)c(C)c13)c2F. The van der Waals surface area contributed by atoms with E-state index in [0.717, 1.165) is 0 Å². The molecule has 2 aromatic heterocycles. The molecule has 0 bridgehead atoms. The molecule has 1 saturated heterocycles. The Morgan fingerprint density at radius 2 is 2.09 bits per heavy atom. The van der Waals surface area contributed by atoms with Crippen molar-refractivity contribution in [2.24, 2.45) is 0 Å². The first-order valence-corrected chi connectivity index (χ1v) is 11.8. The number of ether oxygens (including phenoxy) is 1. The molecule has 2 aliphatic rings. The zero-order chi connectivity index (χ0) is 24.9. The van der Waals surface area contributed by atoms with Crippen molar-refractivity contribution >= 4 is 23.1 Å². The maximum absolute atomic E-state index is 15.5. The standard InChI is InChI=1S/C25H28FN5O4/c1-4-27-25(34)29-11-5-6-16-18(29)7-8-20(22(16)26)35-21-9-10-28-31-12-17(14(2)23(21)31)24(33)30-13-19(32)15(30)3/h7-10,12,15,19,32H,4-6,11,13H2,1-3H3,(H,27,34)/t15-,19-/m0/s1. The van der Waals surface area contributed by atoms with Crippen LogP contribution in [-0.2, 0) is 6.42 Å². The molecule has 2 aliphatic heterocycles. The number of nitrogens with zero attached hydrogens (tertiary/aromatic N) is 4. The average molecular weight is 482 g/mol. The quantitative estimate of drug-likeness (QED) is 0.596. The summed E-state index contributed by atoms with van der Waals surface area (Å²) in [6, 6.07) is 4.36. The molecule has 9 nitrogen and oxygen atoms in total. The third-order valence-corrected chi connectivity index (χ3v) is 6.89. The third-order valence-electron chi connectivity index (χ3n) is 6.89. The lowest BCUT2D eigenvalue weighted by Gasteiger charge is -2.43. The zero-order valence-corrected chi connectivity index (χ0v) is 19.9. The fourth-order valence-corrected chi connectivity index (χ4v) is 4.80. The predicted molar refractivity (Wildman–Crippen MR) is 128 cm³/mol. The number of β-amino-alcohol motifs (C(OH)–C–C–N with tert-alkyl or cyclic N) is 1. The number of aliphatic hydroxyl groups is 1. The van der Waals surface area contributed by atoms with Gasteiger partial charge in [-0.05, 0) is 51.3 Å². The number of hydrogen-bond donors (Lipinski definition) is 2. The summed E-state index contributed by atoms with van der Waals surface area (Å²) in [5.41, 5.74) is 2.66. The van der Waals surface area contributed by atoms with Gasteiger partial charge in [-0.1, -0.05) is 0 Å². The van der Waals surface area contributed by atoms with E-state index in [1.54, 1.807) is 46.5 Å². The fraction of sp³-hybridized carbons (Fsp3) is 0.400. The van der Waals surface area contributed by atoms with Crippen molar-refractivity contribution in [3.05, 3.63) is 53.1 Å². The first-order valence-electron chi connectivity index (χ1n) is 11.8. The highest BCUT2D eigenvalue weighted by Crippen LogP contribution is 2.38. The molecule has 0 saturated carbocycles. The van der Waals surface area contributed by atoms with Crippen molar-refractivity contribution in [3.63, 3.8) is 0 Å². The van der Waals surface area contributed by atoms with E-state index < -0.39 is 11.9 Å². The van der Waals surface area contributed by atoms with E-state index in [2.05, 4.69) is 10.4 Å². The topological polar surface area (TPSA) is 99.4 Å². The number of aromatic nitrogens is 2. The zero-order valence-electron chi connectivity index (χ0n) is 19.9. The van der Waals surface area contributed by atoms with E-state index in [1.807, 2.05) is 6.92 Å². The van der Waals surface area contributed by atoms with Crippen LogP contribution in [0, 0.1) is 12.7 Å². The number of urea groups is 1. The molecule has 0 spiro atoms. The molecule has 5 rings (SSSR count). The van der Waals surface area contributed by atoms with Gasteiger partial charge in [-0.2, -0.15) is 5.10 Å². The number of hydrogen-bond acceptors (Lipinski definition) is 5. The summed E-state index contributed by atoms with van der Waals surface area (Å²) in [7, 11) is 0. The van der Waals surface area contributed by atoms with Crippen molar-refractivity contribution in [1.82, 2.24) is 19.8 Å². The molecule has 3 amide bonds. The minimum atomic E-state index is -0.524. The van der Waals surface area contributed by atoms with E-state index in [0.29, 0.717) is 59.6 Å². The van der Waals surface area contributed by atoms with Crippen LogP contribution in [0.5, 0.6) is 11.5 Å². The van der Waals surface area contributed by atoms with Crippen molar-refractivity contribution < 1.29 is 23.8 Å². The van der Waals surface area contributed by atoms with Gasteiger partial charge in [0, 0.05) is 37.5 Å². The number of nitrogens with one attached hydrogen (secondary N) is 1. The summed E-state index contributed by atoms with van der Waals surface area (Å²) >= 11 is 0. The van der Waals surface area contributed by atoms with Crippen LogP contribution in [0.25, 0.3) is 5.52 Å². The number of carbonyl (C=O) groups excluding carboxylic acids is 2. The molecule has 10 heteroatoms. The predicted octanol–water partition coefficient (Wildman–Crippen LogP) is 3.26. The van der Waals surface area contributed by atoms with Crippen molar-refractivity contribution in [2.45, 2.75) is 45.8 Å². The number of anilines is 1. The summed E-state index contributed by atoms with van der Waals surface area (Å²) in [4.78, 5) is 28.6. The number of rotatable bonds is 4. The number of halogens is 1. The third kappa shape index (κ3) is 3.78. The Balaban J connectivity index is 1.48. The lowest BCUT2D eigenvalue weighted by atomic mass is 9.99. The van der Waals surface area contributed by atoms with Gasteiger partial charge in [-0.25, -0.2) is 13.7 Å². The second kappa shape index (κ2) is 8.84. The highest BCUT2D eigenvalue weighted by molar-refractivity contribution is 5.99. The second-order valence-corrected chi connectivity index (χ2v) is 8.99. The second-order valence-electron chi connectivity index (χ2n) is 8.99. The van der Waals surface area contributed by atoms with Gasteiger partial charge in [0.2, 0.25) is 0 Å². The number of carbonyl (C=O) groups is 2. The van der Waals surface area contributed by atoms with Crippen molar-refractivity contribution in [3.8, 4) is 11.5 Å². The number of aryl methyl sites for hydroxylation is 1. The van der Waals surface area contributed by atoms with Crippen LogP contribution in [0.15, 0.2) is 30.6 Å². The molecule has 1 fully saturated rings. The Morgan fingerprint density at radius 3 is 2.80 bits per heavy atom. The van der Waals surface area contributed by atoms with Gasteiger partial charge in [0.05, 0.1) is 29.6 Å². The number of likely N-dealkylation sites (tertiary alicyclic amines) is 1. The smallest absolute Gasteiger partial charge is 0.321 e. The van der Waals surface area contributed by atoms with E-state index in [4.69, 9.17) is 4.74 Å². The lowest BCUT2D eigenvalue weighted by Crippen LogP contribution is -2.60. The average Bonchev–Trinajstić information content (AvgIpc) is 3.20. The highest BCUT2D eigenvalue weighted by atomic mass is 19.1. The first kappa shape index (κ1) is 23.1. The van der Waals surface area contributed by atoms with Crippen molar-refractivity contribution in [2.75, 3.05) is 24.5 Å². The minimum absolute atomic E-state index is 0.0440. The largest absolute Gasteiger partial charge is 0.452 e. The number of aliphatic hydroxyl groups excluding tert-OH is 1. The van der Waals surface area contributed by atoms with Gasteiger partial charge < -0.3 is 20.1 Å². The molecule has 0 radical (unpaired) electrons. The lowest BCUT2D eigenvalue weighted by molar-refractivity contribution is -0.0357. The monoisotopic (exact) mass is 481 g/mol. The van der Waals surface area contributed by atoms with Gasteiger partial charge in [0.1, 0.15) is 5.52 Å². The Bertz CT molecular complexity index is 1320. The Labute approximate surface area is 202 Å². The van der Waals surface area contributed by atoms with Gasteiger partial charge in [0.25, 0.3) is 5.91 Å². The summed E-state index contributed by atoms with van der Waals surface area (Å²) in [5.74, 6) is -0.288. The van der Waals surface area contributed by atoms with E-state index in [9.17, 15) is 14.7 Å². The Morgan fingerprint density at radius 1 is 1.29 bits per heavy atom. The number of fused-ring (bicyclic) bond motifs is 2. The van der Waals surface area contributed by atoms with E-state index >= 15 is 4.39 Å². The van der Waals surface area contributed by atoms with Gasteiger partial charge >= 0.3 is 6.03 Å². The van der Waals surface area contributed by atoms with Crippen LogP contribution in [0.2, 0.25) is 0 Å². The molecule has 4 heterocycles. The van der Waals surface area contributed by atoms with Gasteiger partial charge in [-0.15, -0.1) is 0 Å². The molecule has 2 atom stereocenters. The summed E-state index contributed by atoms with van der Waals surface area (Å²) in [6.45, 7) is 6.74. The minimum Gasteiger partial charge on any atom is -0.452 e. The van der Waals surface area contributed by atoms with E-state index in [1.165, 1.54) is 12.3 Å². The molecule has 2 N–H and O–H groups in total. The molecular formula is C25H28FN5O4. The molecule has 1 aromatic carbocycles. The first-order chi connectivity index (χ1) is 16.8. The number of benzene rings is 1. The molecule has 35 heavy (non-hydrogen) atoms. The summed E-state index contributed by atoms with van der Waals surface area (Å²) in [5, 5.41) is 16.9. The molecular weight excluding hydrogens is 453 g/mol. The van der Waals surface area contributed by atoms with Crippen LogP contribution in [0.3, 0.4) is 0 Å². The Hall–Kier alpha value is -3.66. The molecule has 0 unspecified atom stereocenters. The van der Waals surface area contributed by atoms with Crippen molar-refractivity contribution in [1.29, 1.82) is 0 Å². The van der Waals surface area contributed by atoms with Crippen LogP contribution in [0.4, 0.5) is 14.9 Å². The maximum atomic E-state index is 15.5. The summed E-state index contributed by atoms with van der Waals surface area (Å²) in [6.07, 6.45) is 3.79. The van der Waals surface area contributed by atoms with E-state index in [-0.39, 0.29) is 30.3 Å². The summed E-state index contributed by atoms with van der Waals surface area (Å²) < 4.78 is 23.1. The highest BCUT2D eigenvalue weighted by Gasteiger charge is 2.38. The maximum Gasteiger partial charge on any atom is 0.321 e. The van der Waals surface area contributed by atoms with Gasteiger partial charge in [-0.3, -0.25) is 9.69 Å². The van der Waals surface area contributed by atoms with Crippen LogP contribution >= 0.6 is 0 Å². The van der Waals surface area contributed by atoms with Crippen LogP contribution in [0.1, 0.15) is 41.8 Å². The number of amides is 3. The Kier molecular flexibility index (Phi) is 5.84.